The van der Waals surface area contributed by atoms with E-state index < -0.39 is 11.7 Å². The Bertz CT molecular complexity index is 844. The van der Waals surface area contributed by atoms with Gasteiger partial charge in [0.05, 0.1) is 18.7 Å². The van der Waals surface area contributed by atoms with E-state index in [0.717, 1.165) is 10.9 Å². The number of phenolic OH excluding ortho intramolecular Hbond substituents is 1. The van der Waals surface area contributed by atoms with Crippen LogP contribution in [-0.2, 0) is 20.7 Å². The Labute approximate surface area is 158 Å². The van der Waals surface area contributed by atoms with Gasteiger partial charge in [-0.15, -0.1) is 0 Å². The molecule has 1 aromatic heterocycles. The monoisotopic (exact) mass is 374 g/mol. The molecule has 0 atom stereocenters. The van der Waals surface area contributed by atoms with Crippen molar-refractivity contribution in [1.29, 1.82) is 0 Å². The number of rotatable bonds is 3. The number of ether oxygens (including phenoxy) is 2. The van der Waals surface area contributed by atoms with Crippen molar-refractivity contribution in [2.75, 3.05) is 26.3 Å². The summed E-state index contributed by atoms with van der Waals surface area (Å²) in [6, 6.07) is 4.83. The Kier molecular flexibility index (Phi) is 5.41. The van der Waals surface area contributed by atoms with Crippen LogP contribution in [0.15, 0.2) is 24.4 Å². The molecule has 1 amide bonds. The minimum absolute atomic E-state index is 0.0663. The molecule has 1 N–H and O–H groups in total. The number of hydrogen-bond acceptors (Lipinski definition) is 5. The maximum atomic E-state index is 12.5. The van der Waals surface area contributed by atoms with Gasteiger partial charge in [0, 0.05) is 31.1 Å². The number of aromatic nitrogens is 1. The molecule has 27 heavy (non-hydrogen) atoms. The van der Waals surface area contributed by atoms with E-state index in [2.05, 4.69) is 0 Å². The van der Waals surface area contributed by atoms with Gasteiger partial charge in [-0.1, -0.05) is 0 Å². The number of benzene rings is 1. The largest absolute Gasteiger partial charge is 0.508 e. The number of amides is 1. The quantitative estimate of drug-likeness (QED) is 0.893. The molecule has 1 aliphatic heterocycles. The van der Waals surface area contributed by atoms with Crippen molar-refractivity contribution < 1.29 is 24.2 Å². The van der Waals surface area contributed by atoms with E-state index in [1.807, 2.05) is 20.8 Å². The fourth-order valence-electron chi connectivity index (χ4n) is 3.16. The average Bonchev–Trinajstić information content (AvgIpc) is 2.97. The zero-order valence-electron chi connectivity index (χ0n) is 16.0. The summed E-state index contributed by atoms with van der Waals surface area (Å²) in [4.78, 5) is 26.8. The smallest absolute Gasteiger partial charge is 0.419 e. The first kappa shape index (κ1) is 19.2. The fourth-order valence-corrected chi connectivity index (χ4v) is 3.16. The maximum Gasteiger partial charge on any atom is 0.419 e. The molecule has 0 aliphatic carbocycles. The first-order chi connectivity index (χ1) is 12.7. The van der Waals surface area contributed by atoms with Crippen molar-refractivity contribution in [2.45, 2.75) is 39.2 Å². The minimum Gasteiger partial charge on any atom is -0.508 e. The molecule has 0 unspecified atom stereocenters. The van der Waals surface area contributed by atoms with Gasteiger partial charge in [0.2, 0.25) is 5.91 Å². The molecule has 2 heterocycles. The van der Waals surface area contributed by atoms with Gasteiger partial charge in [-0.05, 0) is 51.0 Å². The summed E-state index contributed by atoms with van der Waals surface area (Å²) in [6.07, 6.45) is 2.03. The van der Waals surface area contributed by atoms with Crippen LogP contribution in [0.25, 0.3) is 10.9 Å². The third-order valence-corrected chi connectivity index (χ3v) is 4.43. The first-order valence-electron chi connectivity index (χ1n) is 9.16. The zero-order chi connectivity index (χ0) is 19.6. The highest BCUT2D eigenvalue weighted by atomic mass is 16.6. The van der Waals surface area contributed by atoms with Crippen molar-refractivity contribution in [1.82, 2.24) is 9.47 Å². The normalized spacial score (nSPS) is 15.1. The summed E-state index contributed by atoms with van der Waals surface area (Å²) in [5.74, 6) is 0.182. The predicted octanol–water partition coefficient (Wildman–Crippen LogP) is 2.92. The maximum absolute atomic E-state index is 12.5. The molecule has 0 radical (unpaired) electrons. The molecule has 3 rings (SSSR count). The average molecular weight is 374 g/mol. The Morgan fingerprint density at radius 1 is 1.22 bits per heavy atom. The molecule has 7 nitrogen and oxygen atoms in total. The molecular weight excluding hydrogens is 348 g/mol. The molecule has 7 heteroatoms. The van der Waals surface area contributed by atoms with Crippen LogP contribution in [0.4, 0.5) is 4.79 Å². The lowest BCUT2D eigenvalue weighted by molar-refractivity contribution is -0.135. The molecule has 1 aromatic carbocycles. The Morgan fingerprint density at radius 3 is 2.59 bits per heavy atom. The molecular formula is C20H26N2O5. The standard InChI is InChI=1S/C20H26N2O5/c1-20(2,3)27-19(25)22-13-14(16-12-15(23)5-6-17(16)22)4-7-18(24)21-8-10-26-11-9-21/h5-6,12-13,23H,4,7-11H2,1-3H3. The van der Waals surface area contributed by atoms with Crippen LogP contribution in [0.5, 0.6) is 5.75 Å². The molecule has 146 valence electrons. The SMILES string of the molecule is CC(C)(C)OC(=O)n1cc(CCC(=O)N2CCOCC2)c2cc(O)ccc21. The highest BCUT2D eigenvalue weighted by molar-refractivity contribution is 5.93. The number of aromatic hydroxyl groups is 1. The Morgan fingerprint density at radius 2 is 1.93 bits per heavy atom. The Hall–Kier alpha value is -2.54. The first-order valence-corrected chi connectivity index (χ1v) is 9.16. The van der Waals surface area contributed by atoms with Gasteiger partial charge in [0.15, 0.2) is 0 Å². The summed E-state index contributed by atoms with van der Waals surface area (Å²) in [5, 5.41) is 10.6. The summed E-state index contributed by atoms with van der Waals surface area (Å²) in [7, 11) is 0. The molecule has 1 aliphatic rings. The van der Waals surface area contributed by atoms with E-state index in [1.165, 1.54) is 10.6 Å². The highest BCUT2D eigenvalue weighted by Gasteiger charge is 2.22. The number of hydrogen-bond donors (Lipinski definition) is 1. The number of nitrogens with zero attached hydrogens (tertiary/aromatic N) is 2. The van der Waals surface area contributed by atoms with Crippen LogP contribution >= 0.6 is 0 Å². The van der Waals surface area contributed by atoms with Crippen LogP contribution in [0.1, 0.15) is 32.8 Å². The molecule has 1 saturated heterocycles. The van der Waals surface area contributed by atoms with Crippen molar-refractivity contribution in [3.63, 3.8) is 0 Å². The molecule has 0 saturated carbocycles. The van der Waals surface area contributed by atoms with Crippen molar-refractivity contribution in [3.05, 3.63) is 30.0 Å². The zero-order valence-corrected chi connectivity index (χ0v) is 16.0. The lowest BCUT2D eigenvalue weighted by atomic mass is 10.1. The van der Waals surface area contributed by atoms with Crippen LogP contribution in [-0.4, -0.2) is 58.5 Å². The second-order valence-corrected chi connectivity index (χ2v) is 7.70. The van der Waals surface area contributed by atoms with Gasteiger partial charge >= 0.3 is 6.09 Å². The van der Waals surface area contributed by atoms with Gasteiger partial charge in [0.1, 0.15) is 11.4 Å². The number of carbonyl (C=O) groups is 2. The van der Waals surface area contributed by atoms with Gasteiger partial charge < -0.3 is 19.5 Å². The fraction of sp³-hybridized carbons (Fsp3) is 0.500. The van der Waals surface area contributed by atoms with Gasteiger partial charge in [-0.3, -0.25) is 9.36 Å². The summed E-state index contributed by atoms with van der Waals surface area (Å²) in [5.41, 5.74) is 0.862. The van der Waals surface area contributed by atoms with Crippen molar-refractivity contribution >= 4 is 22.9 Å². The molecule has 0 spiro atoms. The number of phenols is 1. The van der Waals surface area contributed by atoms with Gasteiger partial charge in [-0.25, -0.2) is 4.79 Å². The number of morpholine rings is 1. The van der Waals surface area contributed by atoms with E-state index in [4.69, 9.17) is 9.47 Å². The number of fused-ring (bicyclic) bond motifs is 1. The highest BCUT2D eigenvalue weighted by Crippen LogP contribution is 2.27. The second-order valence-electron chi connectivity index (χ2n) is 7.70. The second kappa shape index (κ2) is 7.60. The summed E-state index contributed by atoms with van der Waals surface area (Å²) >= 11 is 0. The topological polar surface area (TPSA) is 81.0 Å². The third kappa shape index (κ3) is 4.60. The summed E-state index contributed by atoms with van der Waals surface area (Å²) in [6.45, 7) is 7.78. The van der Waals surface area contributed by atoms with E-state index in [9.17, 15) is 14.7 Å². The van der Waals surface area contributed by atoms with Gasteiger partial charge in [-0.2, -0.15) is 0 Å². The van der Waals surface area contributed by atoms with Crippen LogP contribution in [0.3, 0.4) is 0 Å². The summed E-state index contributed by atoms with van der Waals surface area (Å²) < 4.78 is 12.2. The molecule has 2 aromatic rings. The Balaban J connectivity index is 1.83. The predicted molar refractivity (Wildman–Crippen MR) is 101 cm³/mol. The van der Waals surface area contributed by atoms with E-state index in [-0.39, 0.29) is 11.7 Å². The number of aryl methyl sites for hydroxylation is 1. The van der Waals surface area contributed by atoms with Crippen molar-refractivity contribution in [3.8, 4) is 5.75 Å². The van der Waals surface area contributed by atoms with Crippen LogP contribution in [0, 0.1) is 0 Å². The van der Waals surface area contributed by atoms with Crippen LogP contribution < -0.4 is 0 Å². The molecule has 0 bridgehead atoms. The molecule has 1 fully saturated rings. The van der Waals surface area contributed by atoms with Gasteiger partial charge in [0.25, 0.3) is 0 Å². The van der Waals surface area contributed by atoms with Crippen LogP contribution in [0.2, 0.25) is 0 Å². The van der Waals surface area contributed by atoms with Crippen molar-refractivity contribution in [2.24, 2.45) is 0 Å². The van der Waals surface area contributed by atoms with E-state index >= 15 is 0 Å². The lowest BCUT2D eigenvalue weighted by Gasteiger charge is -2.26. The third-order valence-electron chi connectivity index (χ3n) is 4.43. The van der Waals surface area contributed by atoms with E-state index in [0.29, 0.717) is 44.7 Å². The lowest BCUT2D eigenvalue weighted by Crippen LogP contribution is -2.40. The number of carbonyl (C=O) groups excluding carboxylic acids is 2. The van der Waals surface area contributed by atoms with E-state index in [1.54, 1.807) is 23.2 Å². The minimum atomic E-state index is -0.614.